The van der Waals surface area contributed by atoms with Gasteiger partial charge >= 0.3 is 0 Å². The molecule has 0 fully saturated rings. The van der Waals surface area contributed by atoms with E-state index in [0.29, 0.717) is 17.4 Å². The normalized spacial score (nSPS) is 10.6. The maximum atomic E-state index is 14.0. The van der Waals surface area contributed by atoms with Crippen LogP contribution in [0.15, 0.2) is 60.7 Å². The van der Waals surface area contributed by atoms with Crippen LogP contribution in [0.2, 0.25) is 0 Å². The summed E-state index contributed by atoms with van der Waals surface area (Å²) in [5, 5.41) is 2.12. The summed E-state index contributed by atoms with van der Waals surface area (Å²) in [5.41, 5.74) is 1.46. The minimum atomic E-state index is -0.375. The van der Waals surface area contributed by atoms with Crippen LogP contribution in [0.3, 0.4) is 0 Å². The van der Waals surface area contributed by atoms with E-state index in [0.717, 1.165) is 16.3 Å². The number of rotatable bonds is 2. The van der Waals surface area contributed by atoms with Crippen LogP contribution in [-0.2, 0) is 0 Å². The number of carbonyl (C=O) groups excluding carboxylic acids is 1. The van der Waals surface area contributed by atoms with Crippen molar-refractivity contribution < 1.29 is 9.18 Å². The Morgan fingerprint density at radius 2 is 1.63 bits per heavy atom. The number of carbonyl (C=O) groups is 1. The molecule has 3 aromatic rings. The Labute approximate surface area is 110 Å². The van der Waals surface area contributed by atoms with Crippen LogP contribution in [0.4, 0.5) is 4.39 Å². The smallest absolute Gasteiger partial charge is 0.150 e. The maximum absolute atomic E-state index is 14.0. The highest BCUT2D eigenvalue weighted by Crippen LogP contribution is 2.28. The molecule has 0 aliphatic rings. The fourth-order valence-corrected chi connectivity index (χ4v) is 2.29. The largest absolute Gasteiger partial charge is 0.298 e. The third-order valence-corrected chi connectivity index (χ3v) is 3.21. The van der Waals surface area contributed by atoms with Crippen molar-refractivity contribution in [2.24, 2.45) is 0 Å². The van der Waals surface area contributed by atoms with E-state index in [-0.39, 0.29) is 5.82 Å². The molecular formula is C17H11FO. The van der Waals surface area contributed by atoms with Gasteiger partial charge in [-0.25, -0.2) is 4.39 Å². The van der Waals surface area contributed by atoms with E-state index in [1.54, 1.807) is 12.1 Å². The zero-order valence-corrected chi connectivity index (χ0v) is 10.1. The lowest BCUT2D eigenvalue weighted by Gasteiger charge is -2.08. The van der Waals surface area contributed by atoms with Gasteiger partial charge in [0.25, 0.3) is 0 Å². The third-order valence-electron chi connectivity index (χ3n) is 3.21. The Kier molecular flexibility index (Phi) is 2.84. The van der Waals surface area contributed by atoms with Gasteiger partial charge in [0.2, 0.25) is 0 Å². The lowest BCUT2D eigenvalue weighted by atomic mass is 9.97. The summed E-state index contributed by atoms with van der Waals surface area (Å²) in [6, 6.07) is 18.1. The van der Waals surface area contributed by atoms with E-state index in [1.165, 1.54) is 6.07 Å². The topological polar surface area (TPSA) is 17.1 Å². The highest BCUT2D eigenvalue weighted by molar-refractivity contribution is 5.92. The molecule has 0 aliphatic carbocycles. The first-order valence-electron chi connectivity index (χ1n) is 6.02. The van der Waals surface area contributed by atoms with E-state index >= 15 is 0 Å². The predicted molar refractivity (Wildman–Crippen MR) is 74.7 cm³/mol. The van der Waals surface area contributed by atoms with Crippen molar-refractivity contribution in [1.82, 2.24) is 0 Å². The average molecular weight is 250 g/mol. The van der Waals surface area contributed by atoms with Crippen LogP contribution in [0.5, 0.6) is 0 Å². The molecule has 0 heterocycles. The molecule has 0 radical (unpaired) electrons. The van der Waals surface area contributed by atoms with Crippen molar-refractivity contribution in [2.45, 2.75) is 0 Å². The second-order valence-corrected chi connectivity index (χ2v) is 4.38. The Balaban J connectivity index is 2.27. The SMILES string of the molecule is O=Cc1cccc(F)c1-c1ccc2ccccc2c1. The van der Waals surface area contributed by atoms with Crippen LogP contribution >= 0.6 is 0 Å². The van der Waals surface area contributed by atoms with Crippen molar-refractivity contribution >= 4 is 17.1 Å². The number of hydrogen-bond donors (Lipinski definition) is 0. The number of aldehydes is 1. The standard InChI is InChI=1S/C17H11FO/c18-16-7-3-6-15(11-19)17(16)14-9-8-12-4-1-2-5-13(12)10-14/h1-11H. The van der Waals surface area contributed by atoms with Gasteiger partial charge in [-0.3, -0.25) is 4.79 Å². The molecule has 0 spiro atoms. The highest BCUT2D eigenvalue weighted by atomic mass is 19.1. The van der Waals surface area contributed by atoms with Gasteiger partial charge in [0.1, 0.15) is 5.82 Å². The maximum Gasteiger partial charge on any atom is 0.150 e. The fraction of sp³-hybridized carbons (Fsp3) is 0. The zero-order valence-electron chi connectivity index (χ0n) is 10.1. The van der Waals surface area contributed by atoms with Crippen molar-refractivity contribution in [3.8, 4) is 11.1 Å². The van der Waals surface area contributed by atoms with Gasteiger partial charge in [-0.1, -0.05) is 48.5 Å². The highest BCUT2D eigenvalue weighted by Gasteiger charge is 2.10. The molecule has 19 heavy (non-hydrogen) atoms. The molecule has 0 unspecified atom stereocenters. The molecule has 0 aromatic heterocycles. The summed E-state index contributed by atoms with van der Waals surface area (Å²) in [7, 11) is 0. The van der Waals surface area contributed by atoms with Gasteiger partial charge in [-0.05, 0) is 28.5 Å². The quantitative estimate of drug-likeness (QED) is 0.614. The number of fused-ring (bicyclic) bond motifs is 1. The average Bonchev–Trinajstić information content (AvgIpc) is 2.46. The van der Waals surface area contributed by atoms with Crippen molar-refractivity contribution in [2.75, 3.05) is 0 Å². The van der Waals surface area contributed by atoms with Crippen LogP contribution in [0, 0.1) is 5.82 Å². The Hall–Kier alpha value is -2.48. The van der Waals surface area contributed by atoms with E-state index < -0.39 is 0 Å². The monoisotopic (exact) mass is 250 g/mol. The summed E-state index contributed by atoms with van der Waals surface area (Å²) in [5.74, 6) is -0.375. The van der Waals surface area contributed by atoms with Crippen molar-refractivity contribution in [3.05, 3.63) is 72.0 Å². The van der Waals surface area contributed by atoms with Gasteiger partial charge in [0, 0.05) is 11.1 Å². The second kappa shape index (κ2) is 4.65. The summed E-state index contributed by atoms with van der Waals surface area (Å²) < 4.78 is 14.0. The zero-order chi connectivity index (χ0) is 13.2. The molecule has 0 bridgehead atoms. The Bertz CT molecular complexity index is 762. The molecule has 92 valence electrons. The van der Waals surface area contributed by atoms with Gasteiger partial charge in [-0.15, -0.1) is 0 Å². The summed E-state index contributed by atoms with van der Waals surface area (Å²) >= 11 is 0. The molecule has 2 heteroatoms. The second-order valence-electron chi connectivity index (χ2n) is 4.38. The van der Waals surface area contributed by atoms with Gasteiger partial charge in [-0.2, -0.15) is 0 Å². The molecule has 0 amide bonds. The first-order chi connectivity index (χ1) is 9.29. The fourth-order valence-electron chi connectivity index (χ4n) is 2.29. The van der Waals surface area contributed by atoms with Crippen LogP contribution in [0.1, 0.15) is 10.4 Å². The van der Waals surface area contributed by atoms with Gasteiger partial charge in [0.05, 0.1) is 0 Å². The number of benzene rings is 3. The summed E-state index contributed by atoms with van der Waals surface area (Å²) in [6.07, 6.45) is 0.688. The van der Waals surface area contributed by atoms with E-state index in [9.17, 15) is 9.18 Å². The molecule has 1 nitrogen and oxygen atoms in total. The van der Waals surface area contributed by atoms with Crippen LogP contribution in [0.25, 0.3) is 21.9 Å². The number of hydrogen-bond acceptors (Lipinski definition) is 1. The molecular weight excluding hydrogens is 239 g/mol. The number of halogens is 1. The van der Waals surface area contributed by atoms with Gasteiger partial charge in [0.15, 0.2) is 6.29 Å². The molecule has 3 rings (SSSR count). The molecule has 0 N–H and O–H groups in total. The predicted octanol–water partition coefficient (Wildman–Crippen LogP) is 4.46. The molecule has 0 saturated heterocycles. The Morgan fingerprint density at radius 3 is 2.42 bits per heavy atom. The van der Waals surface area contributed by atoms with Crippen LogP contribution in [-0.4, -0.2) is 6.29 Å². The van der Waals surface area contributed by atoms with E-state index in [1.807, 2.05) is 42.5 Å². The lowest BCUT2D eigenvalue weighted by molar-refractivity contribution is 0.112. The van der Waals surface area contributed by atoms with E-state index in [2.05, 4.69) is 0 Å². The van der Waals surface area contributed by atoms with E-state index in [4.69, 9.17) is 0 Å². The third kappa shape index (κ3) is 2.02. The van der Waals surface area contributed by atoms with Crippen molar-refractivity contribution in [1.29, 1.82) is 0 Å². The molecule has 0 atom stereocenters. The van der Waals surface area contributed by atoms with Gasteiger partial charge < -0.3 is 0 Å². The first-order valence-corrected chi connectivity index (χ1v) is 6.02. The Morgan fingerprint density at radius 1 is 0.842 bits per heavy atom. The summed E-state index contributed by atoms with van der Waals surface area (Å²) in [4.78, 5) is 11.0. The molecule has 3 aromatic carbocycles. The minimum absolute atomic E-state index is 0.364. The lowest BCUT2D eigenvalue weighted by Crippen LogP contribution is -1.91. The minimum Gasteiger partial charge on any atom is -0.298 e. The molecule has 0 saturated carbocycles. The molecule has 0 aliphatic heterocycles. The first kappa shape index (κ1) is 11.6. The van der Waals surface area contributed by atoms with Crippen LogP contribution < -0.4 is 0 Å². The van der Waals surface area contributed by atoms with Crippen molar-refractivity contribution in [3.63, 3.8) is 0 Å². The summed E-state index contributed by atoms with van der Waals surface area (Å²) in [6.45, 7) is 0.